The summed E-state index contributed by atoms with van der Waals surface area (Å²) in [6.07, 6.45) is 3.79. The van der Waals surface area contributed by atoms with Crippen molar-refractivity contribution in [2.45, 2.75) is 38.6 Å². The Kier molecular flexibility index (Phi) is 8.10. The van der Waals surface area contributed by atoms with Gasteiger partial charge in [0.25, 0.3) is 0 Å². The van der Waals surface area contributed by atoms with Crippen LogP contribution in [0.15, 0.2) is 30.5 Å². The van der Waals surface area contributed by atoms with E-state index in [9.17, 15) is 18.4 Å². The number of anilines is 1. The zero-order chi connectivity index (χ0) is 23.1. The lowest BCUT2D eigenvalue weighted by Gasteiger charge is -2.29. The van der Waals surface area contributed by atoms with Gasteiger partial charge in [0.2, 0.25) is 11.8 Å². The number of benzene rings is 1. The first-order chi connectivity index (χ1) is 15.4. The highest BCUT2D eigenvalue weighted by molar-refractivity contribution is 5.92. The summed E-state index contributed by atoms with van der Waals surface area (Å²) in [4.78, 5) is 28.7. The minimum Gasteiger partial charge on any atom is -0.496 e. The smallest absolute Gasteiger partial charge is 0.246 e. The topological polar surface area (TPSA) is 89.5 Å². The number of nitrogens with one attached hydrogen (secondary N) is 2. The van der Waals surface area contributed by atoms with Gasteiger partial charge in [-0.2, -0.15) is 0 Å². The maximum atomic E-state index is 14.5. The van der Waals surface area contributed by atoms with Crippen molar-refractivity contribution in [1.82, 2.24) is 10.3 Å². The van der Waals surface area contributed by atoms with E-state index in [2.05, 4.69) is 15.6 Å². The summed E-state index contributed by atoms with van der Waals surface area (Å²) in [6, 6.07) is 5.07. The van der Waals surface area contributed by atoms with Crippen molar-refractivity contribution in [3.63, 3.8) is 0 Å². The van der Waals surface area contributed by atoms with Crippen LogP contribution in [0.1, 0.15) is 32.6 Å². The van der Waals surface area contributed by atoms with Gasteiger partial charge < -0.3 is 20.1 Å². The number of carbonyl (C=O) groups excluding carboxylic acids is 2. The van der Waals surface area contributed by atoms with Crippen LogP contribution >= 0.6 is 0 Å². The minimum absolute atomic E-state index is 0.00100. The molecule has 172 valence electrons. The maximum absolute atomic E-state index is 14.5. The van der Waals surface area contributed by atoms with Gasteiger partial charge in [0.1, 0.15) is 29.8 Å². The van der Waals surface area contributed by atoms with Gasteiger partial charge in [-0.05, 0) is 44.4 Å². The number of rotatable bonds is 8. The molecule has 2 N–H and O–H groups in total. The van der Waals surface area contributed by atoms with E-state index >= 15 is 0 Å². The van der Waals surface area contributed by atoms with Gasteiger partial charge in [-0.25, -0.2) is 13.8 Å². The Hall–Kier alpha value is -3.07. The molecule has 2 amide bonds. The molecular formula is C23H27F2N3O4. The molecule has 32 heavy (non-hydrogen) atoms. The molecule has 1 heterocycles. The third kappa shape index (κ3) is 6.00. The standard InChI is InChI=1S/C23H27F2N3O4/c1-3-32-13-22(29)27-16-6-4-5-14(9-16)23(30)28-21-11-18(19(25)12-26-21)17-8-7-15(24)10-20(17)31-2/h7-8,10-12,14,16H,3-6,9,13H2,1-2H3,(H,27,29)(H,26,28,30)/t14-,16+/m0/s1. The summed E-state index contributed by atoms with van der Waals surface area (Å²) in [7, 11) is 1.37. The number of ether oxygens (including phenoxy) is 2. The molecule has 0 aliphatic heterocycles. The van der Waals surface area contributed by atoms with E-state index in [0.29, 0.717) is 25.0 Å². The molecule has 0 spiro atoms. The zero-order valence-corrected chi connectivity index (χ0v) is 18.1. The predicted molar refractivity (Wildman–Crippen MR) is 115 cm³/mol. The lowest BCUT2D eigenvalue weighted by molar-refractivity contribution is -0.127. The molecule has 0 radical (unpaired) electrons. The van der Waals surface area contributed by atoms with Crippen molar-refractivity contribution < 1.29 is 27.8 Å². The van der Waals surface area contributed by atoms with Crippen LogP contribution in [0.5, 0.6) is 5.75 Å². The summed E-state index contributed by atoms with van der Waals surface area (Å²) in [6.45, 7) is 2.27. The van der Waals surface area contributed by atoms with Crippen molar-refractivity contribution >= 4 is 17.6 Å². The van der Waals surface area contributed by atoms with Gasteiger partial charge in [0.15, 0.2) is 0 Å². The van der Waals surface area contributed by atoms with E-state index in [-0.39, 0.29) is 47.5 Å². The fraction of sp³-hybridized carbons (Fsp3) is 0.435. The van der Waals surface area contributed by atoms with Gasteiger partial charge >= 0.3 is 0 Å². The molecular weight excluding hydrogens is 420 g/mol. The molecule has 1 fully saturated rings. The zero-order valence-electron chi connectivity index (χ0n) is 18.1. The Morgan fingerprint density at radius 3 is 2.75 bits per heavy atom. The number of carbonyl (C=O) groups is 2. The third-order valence-electron chi connectivity index (χ3n) is 5.41. The molecule has 1 aliphatic carbocycles. The van der Waals surface area contributed by atoms with Gasteiger partial charge in [-0.3, -0.25) is 9.59 Å². The van der Waals surface area contributed by atoms with Gasteiger partial charge in [0.05, 0.1) is 13.3 Å². The molecule has 9 heteroatoms. The van der Waals surface area contributed by atoms with Gasteiger partial charge in [-0.1, -0.05) is 6.42 Å². The van der Waals surface area contributed by atoms with E-state index in [4.69, 9.17) is 9.47 Å². The Bertz CT molecular complexity index is 970. The maximum Gasteiger partial charge on any atom is 0.246 e. The quantitative estimate of drug-likeness (QED) is 0.644. The molecule has 1 aromatic heterocycles. The van der Waals surface area contributed by atoms with Crippen LogP contribution in [0.3, 0.4) is 0 Å². The largest absolute Gasteiger partial charge is 0.496 e. The molecule has 7 nitrogen and oxygen atoms in total. The summed E-state index contributed by atoms with van der Waals surface area (Å²) >= 11 is 0. The summed E-state index contributed by atoms with van der Waals surface area (Å²) in [5, 5.41) is 5.64. The van der Waals surface area contributed by atoms with E-state index in [1.54, 1.807) is 0 Å². The number of methoxy groups -OCH3 is 1. The second kappa shape index (κ2) is 11.0. The summed E-state index contributed by atoms with van der Waals surface area (Å²) in [5.74, 6) is -1.53. The number of nitrogens with zero attached hydrogens (tertiary/aromatic N) is 1. The van der Waals surface area contributed by atoms with Crippen molar-refractivity contribution in [2.75, 3.05) is 25.6 Å². The highest BCUT2D eigenvalue weighted by atomic mass is 19.1. The fourth-order valence-corrected chi connectivity index (χ4v) is 3.85. The number of halogens is 2. The lowest BCUT2D eigenvalue weighted by Crippen LogP contribution is -2.42. The SMILES string of the molecule is CCOCC(=O)N[C@@H]1CCC[C@H](C(=O)Nc2cc(-c3ccc(F)cc3OC)c(F)cn2)C1. The van der Waals surface area contributed by atoms with Crippen LogP contribution < -0.4 is 15.4 Å². The second-order valence-electron chi connectivity index (χ2n) is 7.65. The molecule has 0 saturated heterocycles. The average Bonchev–Trinajstić information content (AvgIpc) is 2.79. The molecule has 2 aromatic rings. The molecule has 0 unspecified atom stereocenters. The second-order valence-corrected chi connectivity index (χ2v) is 7.65. The van der Waals surface area contributed by atoms with Crippen LogP contribution in [0.4, 0.5) is 14.6 Å². The van der Waals surface area contributed by atoms with Gasteiger partial charge in [-0.15, -0.1) is 0 Å². The van der Waals surface area contributed by atoms with E-state index < -0.39 is 11.6 Å². The first-order valence-corrected chi connectivity index (χ1v) is 10.6. The van der Waals surface area contributed by atoms with Gasteiger partial charge in [0, 0.05) is 35.8 Å². The molecule has 2 atom stereocenters. The number of amides is 2. The van der Waals surface area contributed by atoms with Crippen molar-refractivity contribution in [2.24, 2.45) is 5.92 Å². The average molecular weight is 447 g/mol. The highest BCUT2D eigenvalue weighted by Gasteiger charge is 2.28. The van der Waals surface area contributed by atoms with Crippen molar-refractivity contribution in [3.05, 3.63) is 42.1 Å². The van der Waals surface area contributed by atoms with Crippen LogP contribution in [0.2, 0.25) is 0 Å². The van der Waals surface area contributed by atoms with Crippen LogP contribution in [-0.4, -0.2) is 43.2 Å². The van der Waals surface area contributed by atoms with E-state index in [0.717, 1.165) is 25.1 Å². The van der Waals surface area contributed by atoms with E-state index in [1.165, 1.54) is 25.3 Å². The molecule has 1 saturated carbocycles. The number of hydrogen-bond donors (Lipinski definition) is 2. The molecule has 0 bridgehead atoms. The number of hydrogen-bond acceptors (Lipinski definition) is 5. The Morgan fingerprint density at radius 1 is 1.19 bits per heavy atom. The third-order valence-corrected chi connectivity index (χ3v) is 5.41. The first kappa shape index (κ1) is 23.6. The lowest BCUT2D eigenvalue weighted by atomic mass is 9.85. The van der Waals surface area contributed by atoms with Crippen LogP contribution in [-0.2, 0) is 14.3 Å². The predicted octanol–water partition coefficient (Wildman–Crippen LogP) is 3.69. The molecule has 1 aromatic carbocycles. The number of pyridine rings is 1. The normalized spacial score (nSPS) is 18.1. The molecule has 3 rings (SSSR count). The molecule has 1 aliphatic rings. The van der Waals surface area contributed by atoms with Crippen molar-refractivity contribution in [1.29, 1.82) is 0 Å². The minimum atomic E-state index is -0.623. The summed E-state index contributed by atoms with van der Waals surface area (Å²) in [5.41, 5.74) is 0.482. The Morgan fingerprint density at radius 2 is 2.00 bits per heavy atom. The van der Waals surface area contributed by atoms with Crippen molar-refractivity contribution in [3.8, 4) is 16.9 Å². The van der Waals surface area contributed by atoms with Crippen LogP contribution in [0, 0.1) is 17.6 Å². The first-order valence-electron chi connectivity index (χ1n) is 10.6. The number of aromatic nitrogens is 1. The van der Waals surface area contributed by atoms with E-state index in [1.807, 2.05) is 6.92 Å². The van der Waals surface area contributed by atoms with Crippen LogP contribution in [0.25, 0.3) is 11.1 Å². The summed E-state index contributed by atoms with van der Waals surface area (Å²) < 4.78 is 38.2. The monoisotopic (exact) mass is 447 g/mol. The Labute approximate surface area is 185 Å². The highest BCUT2D eigenvalue weighted by Crippen LogP contribution is 2.33. The fourth-order valence-electron chi connectivity index (χ4n) is 3.85. The Balaban J connectivity index is 1.69.